The monoisotopic (exact) mass is 208 g/mol. The molecule has 15 heavy (non-hydrogen) atoms. The van der Waals surface area contributed by atoms with Gasteiger partial charge in [-0.25, -0.2) is 0 Å². The van der Waals surface area contributed by atoms with E-state index in [1.54, 1.807) is 0 Å². The Morgan fingerprint density at radius 2 is 1.87 bits per heavy atom. The molecule has 0 aromatic heterocycles. The van der Waals surface area contributed by atoms with Gasteiger partial charge in [-0.15, -0.1) is 0 Å². The molecule has 0 aromatic rings. The Hall–Kier alpha value is -0.340. The summed E-state index contributed by atoms with van der Waals surface area (Å²) in [6.07, 6.45) is 9.65. The lowest BCUT2D eigenvalue weighted by molar-refractivity contribution is 0.166. The summed E-state index contributed by atoms with van der Waals surface area (Å²) in [4.78, 5) is 0. The van der Waals surface area contributed by atoms with Crippen molar-refractivity contribution < 1.29 is 0 Å². The quantitative estimate of drug-likeness (QED) is 0.650. The van der Waals surface area contributed by atoms with Crippen LogP contribution in [0.3, 0.4) is 0 Å². The molecular formula is C13H24N2. The average molecular weight is 208 g/mol. The van der Waals surface area contributed by atoms with Crippen molar-refractivity contribution in [1.29, 1.82) is 0 Å². The first-order chi connectivity index (χ1) is 7.14. The molecule has 2 rings (SSSR count). The van der Waals surface area contributed by atoms with Crippen molar-refractivity contribution in [3.63, 3.8) is 0 Å². The molecular weight excluding hydrogens is 184 g/mol. The fourth-order valence-electron chi connectivity index (χ4n) is 3.41. The first kappa shape index (κ1) is 11.2. The maximum Gasteiger partial charge on any atom is 0.0373 e. The molecule has 0 aliphatic heterocycles. The zero-order valence-corrected chi connectivity index (χ0v) is 9.67. The molecule has 2 nitrogen and oxygen atoms in total. The molecule has 0 bridgehead atoms. The first-order valence-electron chi connectivity index (χ1n) is 6.37. The number of hydrogen-bond acceptors (Lipinski definition) is 2. The van der Waals surface area contributed by atoms with Crippen LogP contribution in [0, 0.1) is 5.92 Å². The van der Waals surface area contributed by atoms with Gasteiger partial charge in [-0.05, 0) is 38.0 Å². The van der Waals surface area contributed by atoms with Gasteiger partial charge in [0.15, 0.2) is 0 Å². The molecule has 0 saturated heterocycles. The molecule has 86 valence electrons. The van der Waals surface area contributed by atoms with Crippen LogP contribution in [-0.2, 0) is 0 Å². The summed E-state index contributed by atoms with van der Waals surface area (Å²) in [5.41, 5.74) is 14.0. The van der Waals surface area contributed by atoms with Crippen LogP contribution in [0.25, 0.3) is 0 Å². The third-order valence-corrected chi connectivity index (χ3v) is 4.45. The van der Waals surface area contributed by atoms with Gasteiger partial charge in [0.2, 0.25) is 0 Å². The van der Waals surface area contributed by atoms with E-state index in [1.807, 2.05) is 0 Å². The molecule has 4 N–H and O–H groups in total. The highest BCUT2D eigenvalue weighted by atomic mass is 14.9. The Morgan fingerprint density at radius 1 is 1.13 bits per heavy atom. The van der Waals surface area contributed by atoms with Crippen molar-refractivity contribution in [1.82, 2.24) is 0 Å². The highest BCUT2D eigenvalue weighted by Crippen LogP contribution is 2.41. The van der Waals surface area contributed by atoms with E-state index in [-0.39, 0.29) is 11.6 Å². The molecule has 0 heterocycles. The second kappa shape index (κ2) is 4.26. The topological polar surface area (TPSA) is 52.0 Å². The van der Waals surface area contributed by atoms with E-state index in [9.17, 15) is 0 Å². The fraction of sp³-hybridized carbons (Fsp3) is 0.846. The Morgan fingerprint density at radius 3 is 2.53 bits per heavy atom. The van der Waals surface area contributed by atoms with Crippen LogP contribution in [0.15, 0.2) is 12.2 Å². The fourth-order valence-corrected chi connectivity index (χ4v) is 3.41. The van der Waals surface area contributed by atoms with Crippen molar-refractivity contribution in [2.75, 3.05) is 0 Å². The lowest BCUT2D eigenvalue weighted by Gasteiger charge is -2.47. The van der Waals surface area contributed by atoms with E-state index in [0.29, 0.717) is 5.92 Å². The lowest BCUT2D eigenvalue weighted by Crippen LogP contribution is -2.62. The van der Waals surface area contributed by atoms with Crippen molar-refractivity contribution >= 4 is 0 Å². The van der Waals surface area contributed by atoms with E-state index in [2.05, 4.69) is 6.58 Å². The van der Waals surface area contributed by atoms with Crippen molar-refractivity contribution in [3.05, 3.63) is 12.2 Å². The average Bonchev–Trinajstić information content (AvgIpc) is 2.23. The molecule has 3 unspecified atom stereocenters. The van der Waals surface area contributed by atoms with Gasteiger partial charge in [0.05, 0.1) is 0 Å². The van der Waals surface area contributed by atoms with Gasteiger partial charge in [-0.3, -0.25) is 0 Å². The van der Waals surface area contributed by atoms with Crippen LogP contribution in [0.4, 0.5) is 0 Å². The highest BCUT2D eigenvalue weighted by Gasteiger charge is 2.43. The van der Waals surface area contributed by atoms with Crippen LogP contribution in [0.5, 0.6) is 0 Å². The number of hydrogen-bond donors (Lipinski definition) is 2. The number of nitrogens with two attached hydrogens (primary N) is 2. The summed E-state index contributed by atoms with van der Waals surface area (Å²) in [6.45, 7) is 4.21. The highest BCUT2D eigenvalue weighted by molar-refractivity contribution is 5.16. The summed E-state index contributed by atoms with van der Waals surface area (Å²) < 4.78 is 0. The van der Waals surface area contributed by atoms with Gasteiger partial charge < -0.3 is 11.5 Å². The smallest absolute Gasteiger partial charge is 0.0373 e. The summed E-state index contributed by atoms with van der Waals surface area (Å²) >= 11 is 0. The minimum absolute atomic E-state index is 0.143. The van der Waals surface area contributed by atoms with Gasteiger partial charge in [-0.1, -0.05) is 31.4 Å². The Balaban J connectivity index is 2.14. The third-order valence-electron chi connectivity index (χ3n) is 4.45. The summed E-state index contributed by atoms with van der Waals surface area (Å²) in [7, 11) is 0. The Bertz CT molecular complexity index is 249. The van der Waals surface area contributed by atoms with Crippen LogP contribution in [-0.4, -0.2) is 11.6 Å². The Labute approximate surface area is 93.1 Å². The molecule has 2 aliphatic carbocycles. The molecule has 2 heteroatoms. The van der Waals surface area contributed by atoms with Gasteiger partial charge in [0, 0.05) is 11.6 Å². The van der Waals surface area contributed by atoms with Gasteiger partial charge in [0.25, 0.3) is 0 Å². The molecule has 2 fully saturated rings. The third kappa shape index (κ3) is 1.98. The molecule has 0 amide bonds. The van der Waals surface area contributed by atoms with Crippen molar-refractivity contribution in [3.8, 4) is 0 Å². The predicted octanol–water partition coefficient (Wildman–Crippen LogP) is 2.33. The summed E-state index contributed by atoms with van der Waals surface area (Å²) in [6, 6.07) is 0.186. The van der Waals surface area contributed by atoms with Gasteiger partial charge in [0.1, 0.15) is 0 Å². The number of rotatable bonds is 1. The molecule has 2 aliphatic rings. The summed E-state index contributed by atoms with van der Waals surface area (Å²) in [5.74, 6) is 0.488. The minimum atomic E-state index is -0.143. The zero-order valence-electron chi connectivity index (χ0n) is 9.67. The maximum absolute atomic E-state index is 6.58. The van der Waals surface area contributed by atoms with Gasteiger partial charge >= 0.3 is 0 Å². The van der Waals surface area contributed by atoms with Crippen LogP contribution < -0.4 is 11.5 Å². The summed E-state index contributed by atoms with van der Waals surface area (Å²) in [5, 5.41) is 0. The van der Waals surface area contributed by atoms with E-state index in [4.69, 9.17) is 11.5 Å². The maximum atomic E-state index is 6.58. The van der Waals surface area contributed by atoms with E-state index in [1.165, 1.54) is 37.7 Å². The molecule has 2 saturated carbocycles. The van der Waals surface area contributed by atoms with Crippen molar-refractivity contribution in [2.45, 2.75) is 62.9 Å². The zero-order chi connectivity index (χ0) is 10.9. The largest absolute Gasteiger partial charge is 0.326 e. The second-order valence-corrected chi connectivity index (χ2v) is 5.42. The molecule has 3 atom stereocenters. The SMILES string of the molecule is C=C1CCCCC1C1(N)CCCCC1N. The first-order valence-corrected chi connectivity index (χ1v) is 6.37. The van der Waals surface area contributed by atoms with E-state index in [0.717, 1.165) is 19.3 Å². The second-order valence-electron chi connectivity index (χ2n) is 5.42. The van der Waals surface area contributed by atoms with Crippen molar-refractivity contribution in [2.24, 2.45) is 17.4 Å². The lowest BCUT2D eigenvalue weighted by atomic mass is 9.64. The predicted molar refractivity (Wildman–Crippen MR) is 64.5 cm³/mol. The van der Waals surface area contributed by atoms with E-state index < -0.39 is 0 Å². The van der Waals surface area contributed by atoms with Crippen LogP contribution >= 0.6 is 0 Å². The van der Waals surface area contributed by atoms with Crippen LogP contribution in [0.2, 0.25) is 0 Å². The normalized spacial score (nSPS) is 42.9. The van der Waals surface area contributed by atoms with Gasteiger partial charge in [-0.2, -0.15) is 0 Å². The minimum Gasteiger partial charge on any atom is -0.326 e. The van der Waals surface area contributed by atoms with Crippen LogP contribution in [0.1, 0.15) is 51.4 Å². The Kier molecular flexibility index (Phi) is 3.17. The van der Waals surface area contributed by atoms with E-state index >= 15 is 0 Å². The molecule has 0 radical (unpaired) electrons. The standard InChI is InChI=1S/C13H24N2/c1-10-6-2-3-7-11(10)13(15)9-5-4-8-12(13)14/h11-12H,1-9,14-15H2. The molecule has 0 aromatic carbocycles. The molecule has 0 spiro atoms.